The summed E-state index contributed by atoms with van der Waals surface area (Å²) < 4.78 is 33.6. The third kappa shape index (κ3) is 5.19. The van der Waals surface area contributed by atoms with Crippen LogP contribution >= 0.6 is 11.3 Å². The van der Waals surface area contributed by atoms with Crippen molar-refractivity contribution in [3.63, 3.8) is 0 Å². The lowest BCUT2D eigenvalue weighted by Gasteiger charge is -2.12. The summed E-state index contributed by atoms with van der Waals surface area (Å²) >= 11 is 1.62. The molecule has 0 radical (unpaired) electrons. The molecule has 0 aliphatic carbocycles. The van der Waals surface area contributed by atoms with Crippen molar-refractivity contribution in [2.45, 2.75) is 25.3 Å². The van der Waals surface area contributed by atoms with Gasteiger partial charge in [0, 0.05) is 6.54 Å². The molecule has 0 amide bonds. The Hall–Kier alpha value is -2.15. The molecule has 0 unspecified atom stereocenters. The first-order valence-corrected chi connectivity index (χ1v) is 11.2. The molecule has 6 heteroatoms. The zero-order valence-electron chi connectivity index (χ0n) is 15.4. The smallest absolute Gasteiger partial charge is 0.240 e. The molecule has 3 rings (SSSR count). The van der Waals surface area contributed by atoms with Gasteiger partial charge in [-0.05, 0) is 63.7 Å². The molecule has 0 fully saturated rings. The monoisotopic (exact) mass is 401 g/mol. The first-order valence-electron chi connectivity index (χ1n) is 8.79. The quantitative estimate of drug-likeness (QED) is 0.582. The number of nitrogens with one attached hydrogen (secondary N) is 1. The molecule has 3 aromatic rings. The molecule has 2 aromatic carbocycles. The Bertz CT molecular complexity index is 963. The van der Waals surface area contributed by atoms with Gasteiger partial charge in [-0.15, -0.1) is 0 Å². The zero-order chi connectivity index (χ0) is 19.3. The van der Waals surface area contributed by atoms with Crippen molar-refractivity contribution in [3.8, 4) is 16.9 Å². The van der Waals surface area contributed by atoms with Gasteiger partial charge >= 0.3 is 0 Å². The molecule has 0 aliphatic heterocycles. The summed E-state index contributed by atoms with van der Waals surface area (Å²) in [5, 5.41) is 4.07. The van der Waals surface area contributed by atoms with Crippen LogP contribution in [0.3, 0.4) is 0 Å². The number of thiophene rings is 1. The normalized spacial score (nSPS) is 11.7. The van der Waals surface area contributed by atoms with Crippen LogP contribution in [0, 0.1) is 5.92 Å². The Morgan fingerprint density at radius 1 is 1.04 bits per heavy atom. The fraction of sp³-hybridized carbons (Fsp3) is 0.238. The van der Waals surface area contributed by atoms with Crippen molar-refractivity contribution < 1.29 is 13.2 Å². The summed E-state index contributed by atoms with van der Waals surface area (Å²) in [6.07, 6.45) is 0. The fourth-order valence-corrected chi connectivity index (χ4v) is 4.27. The topological polar surface area (TPSA) is 55.4 Å². The highest BCUT2D eigenvalue weighted by molar-refractivity contribution is 7.89. The van der Waals surface area contributed by atoms with E-state index >= 15 is 0 Å². The summed E-state index contributed by atoms with van der Waals surface area (Å²) in [6.45, 7) is 4.97. The van der Waals surface area contributed by atoms with Crippen molar-refractivity contribution in [1.82, 2.24) is 4.72 Å². The highest BCUT2D eigenvalue weighted by Gasteiger charge is 2.15. The van der Waals surface area contributed by atoms with E-state index in [1.54, 1.807) is 35.6 Å². The molecule has 4 nitrogen and oxygen atoms in total. The summed E-state index contributed by atoms with van der Waals surface area (Å²) in [6, 6.07) is 16.4. The zero-order valence-corrected chi connectivity index (χ0v) is 17.0. The van der Waals surface area contributed by atoms with Crippen molar-refractivity contribution in [3.05, 3.63) is 70.9 Å². The highest BCUT2D eigenvalue weighted by atomic mass is 32.2. The average molecular weight is 402 g/mol. The number of hydrogen-bond acceptors (Lipinski definition) is 4. The molecule has 0 saturated carbocycles. The van der Waals surface area contributed by atoms with Gasteiger partial charge in [0.1, 0.15) is 5.75 Å². The predicted octanol–water partition coefficient (Wildman–Crippen LogP) is 4.93. The van der Waals surface area contributed by atoms with Gasteiger partial charge in [-0.3, -0.25) is 0 Å². The van der Waals surface area contributed by atoms with Gasteiger partial charge in [-0.1, -0.05) is 38.1 Å². The molecule has 1 N–H and O–H groups in total. The second kappa shape index (κ2) is 8.69. The van der Waals surface area contributed by atoms with Crippen molar-refractivity contribution in [2.75, 3.05) is 6.61 Å². The van der Waals surface area contributed by atoms with Gasteiger partial charge in [0.25, 0.3) is 0 Å². The van der Waals surface area contributed by atoms with Crippen LogP contribution in [-0.4, -0.2) is 15.0 Å². The Morgan fingerprint density at radius 2 is 1.78 bits per heavy atom. The molecule has 0 saturated heterocycles. The van der Waals surface area contributed by atoms with Crippen LogP contribution in [0.5, 0.6) is 5.75 Å². The number of sulfonamides is 1. The third-order valence-corrected chi connectivity index (χ3v) is 6.12. The second-order valence-electron chi connectivity index (χ2n) is 6.67. The van der Waals surface area contributed by atoms with Crippen LogP contribution < -0.4 is 9.46 Å². The van der Waals surface area contributed by atoms with E-state index in [-0.39, 0.29) is 11.4 Å². The van der Waals surface area contributed by atoms with Gasteiger partial charge in [-0.2, -0.15) is 11.3 Å². The predicted molar refractivity (Wildman–Crippen MR) is 111 cm³/mol. The third-order valence-electron chi connectivity index (χ3n) is 4.02. The maximum absolute atomic E-state index is 12.6. The van der Waals surface area contributed by atoms with Crippen LogP contribution in [-0.2, 0) is 16.6 Å². The molecule has 1 aromatic heterocycles. The Balaban J connectivity index is 1.71. The van der Waals surface area contributed by atoms with Crippen LogP contribution in [0.15, 0.2) is 70.3 Å². The fourth-order valence-electron chi connectivity index (χ4n) is 2.61. The Kier molecular flexibility index (Phi) is 6.31. The SMILES string of the molecule is CC(C)COc1ccc(S(=O)(=O)NCc2ccccc2-c2ccsc2)cc1. The molecule has 0 atom stereocenters. The van der Waals surface area contributed by atoms with Gasteiger partial charge in [0.2, 0.25) is 10.0 Å². The number of ether oxygens (including phenoxy) is 1. The van der Waals surface area contributed by atoms with E-state index in [0.717, 1.165) is 16.7 Å². The molecular formula is C21H23NO3S2. The van der Waals surface area contributed by atoms with Crippen LogP contribution in [0.2, 0.25) is 0 Å². The van der Waals surface area contributed by atoms with Gasteiger partial charge < -0.3 is 4.74 Å². The van der Waals surface area contributed by atoms with Crippen molar-refractivity contribution >= 4 is 21.4 Å². The summed E-state index contributed by atoms with van der Waals surface area (Å²) in [5.41, 5.74) is 3.08. The summed E-state index contributed by atoms with van der Waals surface area (Å²) in [7, 11) is -3.60. The van der Waals surface area contributed by atoms with E-state index in [1.165, 1.54) is 0 Å². The lowest BCUT2D eigenvalue weighted by Crippen LogP contribution is -2.23. The lowest BCUT2D eigenvalue weighted by atomic mass is 10.0. The van der Waals surface area contributed by atoms with E-state index in [9.17, 15) is 8.42 Å². The first kappa shape index (κ1) is 19.6. The average Bonchev–Trinajstić information content (AvgIpc) is 3.20. The van der Waals surface area contributed by atoms with E-state index in [4.69, 9.17) is 4.74 Å². The standard InChI is InChI=1S/C21H23NO3S2/c1-16(2)14-25-19-7-9-20(10-8-19)27(23,24)22-13-17-5-3-4-6-21(17)18-11-12-26-15-18/h3-12,15-16,22H,13-14H2,1-2H3. The molecule has 0 aliphatic rings. The minimum Gasteiger partial charge on any atom is -0.493 e. The van der Waals surface area contributed by atoms with Crippen LogP contribution in [0.25, 0.3) is 11.1 Å². The van der Waals surface area contributed by atoms with Crippen molar-refractivity contribution in [1.29, 1.82) is 0 Å². The Labute approximate surface area is 164 Å². The molecule has 0 bridgehead atoms. The van der Waals surface area contributed by atoms with E-state index in [0.29, 0.717) is 18.3 Å². The summed E-state index contributed by atoms with van der Waals surface area (Å²) in [4.78, 5) is 0.229. The number of benzene rings is 2. The minimum absolute atomic E-state index is 0.229. The largest absolute Gasteiger partial charge is 0.493 e. The molecule has 142 valence electrons. The van der Waals surface area contributed by atoms with E-state index in [1.807, 2.05) is 35.7 Å². The first-order chi connectivity index (χ1) is 13.0. The highest BCUT2D eigenvalue weighted by Crippen LogP contribution is 2.26. The van der Waals surface area contributed by atoms with Gasteiger partial charge in [0.05, 0.1) is 11.5 Å². The molecule has 1 heterocycles. The molecule has 0 spiro atoms. The van der Waals surface area contributed by atoms with E-state index < -0.39 is 10.0 Å². The van der Waals surface area contributed by atoms with Crippen LogP contribution in [0.4, 0.5) is 0 Å². The maximum atomic E-state index is 12.6. The number of hydrogen-bond donors (Lipinski definition) is 1. The lowest BCUT2D eigenvalue weighted by molar-refractivity contribution is 0.271. The van der Waals surface area contributed by atoms with Crippen LogP contribution in [0.1, 0.15) is 19.4 Å². The second-order valence-corrected chi connectivity index (χ2v) is 9.22. The molecule has 27 heavy (non-hydrogen) atoms. The van der Waals surface area contributed by atoms with Crippen molar-refractivity contribution in [2.24, 2.45) is 5.92 Å². The van der Waals surface area contributed by atoms with Gasteiger partial charge in [0.15, 0.2) is 0 Å². The molecular weight excluding hydrogens is 378 g/mol. The Morgan fingerprint density at radius 3 is 2.44 bits per heavy atom. The maximum Gasteiger partial charge on any atom is 0.240 e. The minimum atomic E-state index is -3.60. The van der Waals surface area contributed by atoms with E-state index in [2.05, 4.69) is 23.9 Å². The number of rotatable bonds is 8. The van der Waals surface area contributed by atoms with Gasteiger partial charge in [-0.25, -0.2) is 13.1 Å². The summed E-state index contributed by atoms with van der Waals surface area (Å²) in [5.74, 6) is 1.09.